The first kappa shape index (κ1) is 10.2. The van der Waals surface area contributed by atoms with Gasteiger partial charge in [0.1, 0.15) is 11.7 Å². The third-order valence-electron chi connectivity index (χ3n) is 1.87. The van der Waals surface area contributed by atoms with Crippen molar-refractivity contribution in [3.8, 4) is 0 Å². The highest BCUT2D eigenvalue weighted by Gasteiger charge is 2.16. The fourth-order valence-electron chi connectivity index (χ4n) is 1.45. The maximum Gasteiger partial charge on any atom is 0.120 e. The molecule has 0 saturated heterocycles. The van der Waals surface area contributed by atoms with Crippen molar-refractivity contribution in [3.63, 3.8) is 0 Å². The van der Waals surface area contributed by atoms with Crippen molar-refractivity contribution >= 4 is 0 Å². The highest BCUT2D eigenvalue weighted by Crippen LogP contribution is 2.29. The molecule has 1 aliphatic rings. The van der Waals surface area contributed by atoms with E-state index < -0.39 is 5.41 Å². The second-order valence-corrected chi connectivity index (χ2v) is 4.11. The van der Waals surface area contributed by atoms with E-state index in [0.29, 0.717) is 5.57 Å². The molecule has 0 fully saturated rings. The Morgan fingerprint density at radius 3 is 2.46 bits per heavy atom. The Labute approximate surface area is 77.6 Å². The van der Waals surface area contributed by atoms with Gasteiger partial charge in [-0.1, -0.05) is 19.4 Å². The van der Waals surface area contributed by atoms with Crippen molar-refractivity contribution in [1.82, 2.24) is 0 Å². The lowest BCUT2D eigenvalue weighted by molar-refractivity contribution is 0.528. The van der Waals surface area contributed by atoms with Crippen LogP contribution in [-0.2, 0) is 0 Å². The SMILES string of the molecule is CC1=CC(F)=CC(C)(C)C=C(F)C1. The standard InChI is InChI=1S/C11H14F2/c1-8-4-9(12)6-11(2,3)7-10(13)5-8/h4,6-7H,5H2,1-3H3. The predicted molar refractivity (Wildman–Crippen MR) is 50.5 cm³/mol. The van der Waals surface area contributed by atoms with Gasteiger partial charge in [0.15, 0.2) is 0 Å². The maximum absolute atomic E-state index is 13.2. The third kappa shape index (κ3) is 3.13. The van der Waals surface area contributed by atoms with Crippen molar-refractivity contribution in [1.29, 1.82) is 0 Å². The van der Waals surface area contributed by atoms with Crippen LogP contribution in [0.4, 0.5) is 8.78 Å². The van der Waals surface area contributed by atoms with Crippen LogP contribution >= 0.6 is 0 Å². The van der Waals surface area contributed by atoms with E-state index in [2.05, 4.69) is 0 Å². The Morgan fingerprint density at radius 2 is 1.85 bits per heavy atom. The van der Waals surface area contributed by atoms with Crippen molar-refractivity contribution in [2.45, 2.75) is 27.2 Å². The van der Waals surface area contributed by atoms with Gasteiger partial charge in [0.25, 0.3) is 0 Å². The molecule has 0 nitrogen and oxygen atoms in total. The molecule has 0 saturated carbocycles. The van der Waals surface area contributed by atoms with Gasteiger partial charge in [-0.2, -0.15) is 0 Å². The van der Waals surface area contributed by atoms with Gasteiger partial charge in [-0.05, 0) is 25.2 Å². The number of hydrogen-bond donors (Lipinski definition) is 0. The summed E-state index contributed by atoms with van der Waals surface area (Å²) in [6.45, 7) is 5.28. The van der Waals surface area contributed by atoms with Crippen LogP contribution in [0.3, 0.4) is 0 Å². The van der Waals surface area contributed by atoms with Crippen LogP contribution in [0, 0.1) is 5.41 Å². The minimum atomic E-state index is -0.536. The maximum atomic E-state index is 13.2. The molecule has 13 heavy (non-hydrogen) atoms. The smallest absolute Gasteiger partial charge is 0.120 e. The van der Waals surface area contributed by atoms with Crippen molar-refractivity contribution in [3.05, 3.63) is 35.5 Å². The first-order valence-electron chi connectivity index (χ1n) is 4.32. The van der Waals surface area contributed by atoms with Gasteiger partial charge in [-0.3, -0.25) is 0 Å². The van der Waals surface area contributed by atoms with E-state index >= 15 is 0 Å². The Kier molecular flexibility index (Phi) is 2.69. The minimum absolute atomic E-state index is 0.192. The number of rotatable bonds is 0. The molecular weight excluding hydrogens is 170 g/mol. The number of hydrogen-bond acceptors (Lipinski definition) is 0. The summed E-state index contributed by atoms with van der Waals surface area (Å²) in [5.41, 5.74) is 0.170. The molecule has 0 aromatic rings. The van der Waals surface area contributed by atoms with E-state index in [0.717, 1.165) is 0 Å². The molecule has 1 rings (SSSR count). The highest BCUT2D eigenvalue weighted by atomic mass is 19.1. The first-order chi connectivity index (χ1) is 5.89. The molecule has 0 bridgehead atoms. The van der Waals surface area contributed by atoms with Gasteiger partial charge >= 0.3 is 0 Å². The molecule has 0 aliphatic heterocycles. The zero-order valence-corrected chi connectivity index (χ0v) is 8.20. The summed E-state index contributed by atoms with van der Waals surface area (Å²) in [5.74, 6) is -0.478. The molecule has 2 heteroatoms. The highest BCUT2D eigenvalue weighted by molar-refractivity contribution is 5.27. The Morgan fingerprint density at radius 1 is 1.23 bits per heavy atom. The van der Waals surface area contributed by atoms with Crippen LogP contribution in [0.1, 0.15) is 27.2 Å². The van der Waals surface area contributed by atoms with E-state index in [1.165, 1.54) is 18.2 Å². The molecular formula is C11H14F2. The van der Waals surface area contributed by atoms with Crippen LogP contribution in [0.2, 0.25) is 0 Å². The summed E-state index contributed by atoms with van der Waals surface area (Å²) in [7, 11) is 0. The summed E-state index contributed by atoms with van der Waals surface area (Å²) in [6, 6.07) is 0. The van der Waals surface area contributed by atoms with E-state index in [1.54, 1.807) is 20.8 Å². The normalized spacial score (nSPS) is 22.4. The molecule has 0 radical (unpaired) electrons. The summed E-state index contributed by atoms with van der Waals surface area (Å²) in [6.07, 6.45) is 4.48. The molecule has 0 aromatic heterocycles. The monoisotopic (exact) mass is 184 g/mol. The molecule has 0 aromatic carbocycles. The van der Waals surface area contributed by atoms with E-state index in [1.807, 2.05) is 0 Å². The Hall–Kier alpha value is -0.920. The van der Waals surface area contributed by atoms with Crippen molar-refractivity contribution < 1.29 is 8.78 Å². The average Bonchev–Trinajstić information content (AvgIpc) is 1.78. The zero-order valence-electron chi connectivity index (χ0n) is 8.20. The lowest BCUT2D eigenvalue weighted by Crippen LogP contribution is -2.05. The average molecular weight is 184 g/mol. The predicted octanol–water partition coefficient (Wildman–Crippen LogP) is 4.07. The van der Waals surface area contributed by atoms with Gasteiger partial charge in [0, 0.05) is 11.8 Å². The van der Waals surface area contributed by atoms with Gasteiger partial charge < -0.3 is 0 Å². The second-order valence-electron chi connectivity index (χ2n) is 4.11. The summed E-state index contributed by atoms with van der Waals surface area (Å²) in [4.78, 5) is 0. The topological polar surface area (TPSA) is 0 Å². The van der Waals surface area contributed by atoms with Gasteiger partial charge in [-0.25, -0.2) is 8.78 Å². The van der Waals surface area contributed by atoms with Crippen molar-refractivity contribution in [2.75, 3.05) is 0 Å². The van der Waals surface area contributed by atoms with Gasteiger partial charge in [0.05, 0.1) is 0 Å². The molecule has 0 N–H and O–H groups in total. The van der Waals surface area contributed by atoms with Crippen LogP contribution in [0.15, 0.2) is 35.5 Å². The molecule has 0 atom stereocenters. The van der Waals surface area contributed by atoms with Crippen molar-refractivity contribution in [2.24, 2.45) is 5.41 Å². The largest absolute Gasteiger partial charge is 0.212 e. The first-order valence-corrected chi connectivity index (χ1v) is 4.32. The lowest BCUT2D eigenvalue weighted by Gasteiger charge is -2.17. The van der Waals surface area contributed by atoms with E-state index in [4.69, 9.17) is 0 Å². The summed E-state index contributed by atoms with van der Waals surface area (Å²) in [5, 5.41) is 0. The van der Waals surface area contributed by atoms with Crippen LogP contribution in [0.25, 0.3) is 0 Å². The molecule has 1 aliphatic carbocycles. The lowest BCUT2D eigenvalue weighted by atomic mass is 9.89. The number of halogens is 2. The third-order valence-corrected chi connectivity index (χ3v) is 1.87. The molecule has 72 valence electrons. The van der Waals surface area contributed by atoms with E-state index in [-0.39, 0.29) is 18.1 Å². The second kappa shape index (κ2) is 3.44. The molecule has 0 unspecified atom stereocenters. The van der Waals surface area contributed by atoms with E-state index in [9.17, 15) is 8.78 Å². The summed E-state index contributed by atoms with van der Waals surface area (Å²) >= 11 is 0. The van der Waals surface area contributed by atoms with Gasteiger partial charge in [-0.15, -0.1) is 0 Å². The minimum Gasteiger partial charge on any atom is -0.212 e. The number of allylic oxidation sites excluding steroid dienone is 6. The fourth-order valence-corrected chi connectivity index (χ4v) is 1.45. The molecule has 0 amide bonds. The Balaban J connectivity index is 3.10. The zero-order chi connectivity index (χ0) is 10.1. The summed E-state index contributed by atoms with van der Waals surface area (Å²) < 4.78 is 26.3. The fraction of sp³-hybridized carbons (Fsp3) is 0.455. The van der Waals surface area contributed by atoms with Crippen LogP contribution in [-0.4, -0.2) is 0 Å². The van der Waals surface area contributed by atoms with Crippen LogP contribution < -0.4 is 0 Å². The van der Waals surface area contributed by atoms with Crippen LogP contribution in [0.5, 0.6) is 0 Å². The molecule has 0 heterocycles. The Bertz CT molecular complexity index is 293. The van der Waals surface area contributed by atoms with Gasteiger partial charge in [0.2, 0.25) is 0 Å². The molecule has 0 spiro atoms. The quantitative estimate of drug-likeness (QED) is 0.532.